The lowest BCUT2D eigenvalue weighted by atomic mass is 10.0. The van der Waals surface area contributed by atoms with Gasteiger partial charge in [-0.1, -0.05) is 12.1 Å². The van der Waals surface area contributed by atoms with Gasteiger partial charge in [0.15, 0.2) is 11.5 Å². The van der Waals surface area contributed by atoms with Crippen LogP contribution in [-0.4, -0.2) is 68.3 Å². The number of likely N-dealkylation sites (tertiary alicyclic amines) is 1. The number of hydrogen-bond donors (Lipinski definition) is 1. The number of benzene rings is 1. The second kappa shape index (κ2) is 8.39. The van der Waals surface area contributed by atoms with Gasteiger partial charge in [0.1, 0.15) is 13.2 Å². The highest BCUT2D eigenvalue weighted by Gasteiger charge is 2.27. The molecule has 5 nitrogen and oxygen atoms in total. The molecule has 3 heterocycles. The second-order valence-electron chi connectivity index (χ2n) is 6.76. The largest absolute Gasteiger partial charge is 0.486 e. The van der Waals surface area contributed by atoms with Crippen LogP contribution >= 0.6 is 12.4 Å². The van der Waals surface area contributed by atoms with E-state index in [2.05, 4.69) is 27.2 Å². The van der Waals surface area contributed by atoms with Gasteiger partial charge in [-0.25, -0.2) is 0 Å². The van der Waals surface area contributed by atoms with Crippen molar-refractivity contribution in [1.82, 2.24) is 15.1 Å². The number of nitrogens with one attached hydrogen (secondary N) is 1. The summed E-state index contributed by atoms with van der Waals surface area (Å²) in [5.74, 6) is 1.87. The van der Waals surface area contributed by atoms with Crippen molar-refractivity contribution in [2.75, 3.05) is 52.5 Å². The lowest BCUT2D eigenvalue weighted by Gasteiger charge is -2.41. The van der Waals surface area contributed by atoms with Gasteiger partial charge >= 0.3 is 0 Å². The van der Waals surface area contributed by atoms with Gasteiger partial charge in [0, 0.05) is 50.9 Å². The van der Waals surface area contributed by atoms with E-state index in [-0.39, 0.29) is 12.4 Å². The van der Waals surface area contributed by atoms with Crippen LogP contribution in [0.1, 0.15) is 18.4 Å². The van der Waals surface area contributed by atoms with E-state index in [0.717, 1.165) is 31.1 Å². The first-order chi connectivity index (χ1) is 11.4. The third-order valence-electron chi connectivity index (χ3n) is 5.19. The first kappa shape index (κ1) is 17.8. The van der Waals surface area contributed by atoms with Crippen molar-refractivity contribution in [3.63, 3.8) is 0 Å². The minimum atomic E-state index is 0. The topological polar surface area (TPSA) is 37.0 Å². The van der Waals surface area contributed by atoms with Crippen molar-refractivity contribution >= 4 is 12.4 Å². The maximum absolute atomic E-state index is 5.87. The average molecular weight is 354 g/mol. The maximum atomic E-state index is 5.87. The zero-order valence-electron chi connectivity index (χ0n) is 14.2. The molecule has 6 heteroatoms. The van der Waals surface area contributed by atoms with E-state index in [9.17, 15) is 0 Å². The Morgan fingerprint density at radius 1 is 1.08 bits per heavy atom. The third kappa shape index (κ3) is 3.97. The minimum Gasteiger partial charge on any atom is -0.486 e. The van der Waals surface area contributed by atoms with E-state index >= 15 is 0 Å². The molecule has 3 aliphatic rings. The first-order valence-corrected chi connectivity index (χ1v) is 8.95. The van der Waals surface area contributed by atoms with Gasteiger partial charge in [0.2, 0.25) is 0 Å². The number of fused-ring (bicyclic) bond motifs is 1. The number of hydrogen-bond acceptors (Lipinski definition) is 5. The van der Waals surface area contributed by atoms with E-state index in [1.54, 1.807) is 0 Å². The Labute approximate surface area is 150 Å². The Balaban J connectivity index is 0.00000169. The van der Waals surface area contributed by atoms with Gasteiger partial charge in [0.05, 0.1) is 0 Å². The number of rotatable bonds is 3. The van der Waals surface area contributed by atoms with Crippen molar-refractivity contribution in [3.8, 4) is 11.5 Å². The van der Waals surface area contributed by atoms with Crippen LogP contribution < -0.4 is 14.8 Å². The van der Waals surface area contributed by atoms with Crippen LogP contribution in [0.4, 0.5) is 0 Å². The molecule has 2 saturated heterocycles. The molecular formula is C18H28ClN3O2. The molecule has 0 aliphatic carbocycles. The molecule has 0 spiro atoms. The summed E-state index contributed by atoms with van der Waals surface area (Å²) in [5, 5.41) is 3.45. The normalized spacial score (nSPS) is 25.1. The van der Waals surface area contributed by atoms with Crippen molar-refractivity contribution in [1.29, 1.82) is 0 Å². The van der Waals surface area contributed by atoms with Crippen LogP contribution in [-0.2, 0) is 6.54 Å². The first-order valence-electron chi connectivity index (χ1n) is 8.95. The van der Waals surface area contributed by atoms with E-state index < -0.39 is 0 Å². The van der Waals surface area contributed by atoms with Crippen LogP contribution in [0.15, 0.2) is 18.2 Å². The molecule has 1 aromatic carbocycles. The van der Waals surface area contributed by atoms with Crippen LogP contribution in [0.25, 0.3) is 0 Å². The summed E-state index contributed by atoms with van der Waals surface area (Å²) >= 11 is 0. The second-order valence-corrected chi connectivity index (χ2v) is 6.76. The van der Waals surface area contributed by atoms with Gasteiger partial charge in [-0.15, -0.1) is 12.4 Å². The zero-order chi connectivity index (χ0) is 15.5. The number of halogens is 1. The fourth-order valence-electron chi connectivity index (χ4n) is 4.02. The van der Waals surface area contributed by atoms with Crippen molar-refractivity contribution in [2.45, 2.75) is 25.4 Å². The summed E-state index contributed by atoms with van der Waals surface area (Å²) < 4.78 is 11.6. The number of piperidine rings is 1. The molecule has 4 rings (SSSR count). The number of nitrogens with zero attached hydrogens (tertiary/aromatic N) is 2. The zero-order valence-corrected chi connectivity index (χ0v) is 15.0. The molecule has 1 atom stereocenters. The van der Waals surface area contributed by atoms with Gasteiger partial charge < -0.3 is 14.8 Å². The van der Waals surface area contributed by atoms with Crippen molar-refractivity contribution in [2.24, 2.45) is 0 Å². The van der Waals surface area contributed by atoms with Crippen molar-refractivity contribution < 1.29 is 9.47 Å². The lowest BCUT2D eigenvalue weighted by Crippen LogP contribution is -2.53. The summed E-state index contributed by atoms with van der Waals surface area (Å²) in [4.78, 5) is 5.26. The maximum Gasteiger partial charge on any atom is 0.165 e. The number of piperazine rings is 1. The highest BCUT2D eigenvalue weighted by molar-refractivity contribution is 5.85. The minimum absolute atomic E-state index is 0. The fraction of sp³-hybridized carbons (Fsp3) is 0.667. The third-order valence-corrected chi connectivity index (χ3v) is 5.19. The van der Waals surface area contributed by atoms with E-state index in [4.69, 9.17) is 9.47 Å². The standard InChI is InChI=1S/C18H27N3O2.ClH/c1-3-15(18-17(5-1)22-11-12-23-18)13-20-8-2-4-16(14-20)21-9-6-19-7-10-21;/h1,3,5,16,19H,2,4,6-14H2;1H. The molecule has 3 aliphatic heterocycles. The monoisotopic (exact) mass is 353 g/mol. The molecule has 134 valence electrons. The van der Waals surface area contributed by atoms with Crippen LogP contribution in [0.5, 0.6) is 11.5 Å². The summed E-state index contributed by atoms with van der Waals surface area (Å²) in [6.45, 7) is 9.29. The van der Waals surface area contributed by atoms with Crippen LogP contribution in [0.3, 0.4) is 0 Å². The van der Waals surface area contributed by atoms with Gasteiger partial charge in [-0.05, 0) is 25.5 Å². The smallest absolute Gasteiger partial charge is 0.165 e. The Hall–Kier alpha value is -1.01. The Kier molecular flexibility index (Phi) is 6.22. The van der Waals surface area contributed by atoms with Gasteiger partial charge in [0.25, 0.3) is 0 Å². The number of ether oxygens (including phenoxy) is 2. The Morgan fingerprint density at radius 2 is 1.92 bits per heavy atom. The van der Waals surface area contributed by atoms with E-state index in [1.165, 1.54) is 44.6 Å². The summed E-state index contributed by atoms with van der Waals surface area (Å²) in [6.07, 6.45) is 2.63. The predicted molar refractivity (Wildman–Crippen MR) is 97.4 cm³/mol. The quantitative estimate of drug-likeness (QED) is 0.896. The molecule has 24 heavy (non-hydrogen) atoms. The molecule has 0 bridgehead atoms. The highest BCUT2D eigenvalue weighted by Crippen LogP contribution is 2.34. The fourth-order valence-corrected chi connectivity index (χ4v) is 4.02. The van der Waals surface area contributed by atoms with Crippen LogP contribution in [0.2, 0.25) is 0 Å². The summed E-state index contributed by atoms with van der Waals surface area (Å²) in [7, 11) is 0. The van der Waals surface area contributed by atoms with Gasteiger partial charge in [-0.3, -0.25) is 9.80 Å². The van der Waals surface area contributed by atoms with Crippen LogP contribution in [0, 0.1) is 0 Å². The van der Waals surface area contributed by atoms with E-state index in [1.807, 2.05) is 6.07 Å². The average Bonchev–Trinajstić information content (AvgIpc) is 2.63. The Bertz CT molecular complexity index is 537. The molecule has 1 aromatic rings. The summed E-state index contributed by atoms with van der Waals surface area (Å²) in [5.41, 5.74) is 1.27. The Morgan fingerprint density at radius 3 is 2.79 bits per heavy atom. The summed E-state index contributed by atoms with van der Waals surface area (Å²) in [6, 6.07) is 6.99. The molecule has 0 radical (unpaired) electrons. The molecule has 1 N–H and O–H groups in total. The highest BCUT2D eigenvalue weighted by atomic mass is 35.5. The lowest BCUT2D eigenvalue weighted by molar-refractivity contribution is 0.0827. The number of para-hydroxylation sites is 1. The van der Waals surface area contributed by atoms with Crippen molar-refractivity contribution in [3.05, 3.63) is 23.8 Å². The molecule has 1 unspecified atom stereocenters. The predicted octanol–water partition coefficient (Wildman–Crippen LogP) is 1.75. The molecule has 0 amide bonds. The van der Waals surface area contributed by atoms with Gasteiger partial charge in [-0.2, -0.15) is 0 Å². The van der Waals surface area contributed by atoms with E-state index in [0.29, 0.717) is 19.3 Å². The SMILES string of the molecule is Cl.c1cc(CN2CCCC(N3CCNCC3)C2)c2c(c1)OCCO2. The molecule has 0 aromatic heterocycles. The molecule has 0 saturated carbocycles. The molecular weight excluding hydrogens is 326 g/mol. The molecule has 2 fully saturated rings.